The zero-order valence-electron chi connectivity index (χ0n) is 9.39. The van der Waals surface area contributed by atoms with E-state index in [1.54, 1.807) is 6.07 Å². The van der Waals surface area contributed by atoms with Crippen molar-refractivity contribution in [1.29, 1.82) is 5.26 Å². The predicted molar refractivity (Wildman–Crippen MR) is 57.2 cm³/mol. The summed E-state index contributed by atoms with van der Waals surface area (Å²) < 4.78 is 28.0. The van der Waals surface area contributed by atoms with Gasteiger partial charge in [-0.25, -0.2) is 8.42 Å². The minimum atomic E-state index is -3.43. The van der Waals surface area contributed by atoms with E-state index in [1.165, 1.54) is 14.0 Å². The number of methoxy groups -OCH3 is 1. The minimum absolute atomic E-state index is 0.0934. The summed E-state index contributed by atoms with van der Waals surface area (Å²) in [7, 11) is -2.15. The van der Waals surface area contributed by atoms with Gasteiger partial charge in [0.05, 0.1) is 25.4 Å². The Hall–Kier alpha value is -1.09. The van der Waals surface area contributed by atoms with Crippen molar-refractivity contribution in [3.8, 4) is 6.07 Å². The van der Waals surface area contributed by atoms with Gasteiger partial charge < -0.3 is 4.74 Å². The van der Waals surface area contributed by atoms with Crippen molar-refractivity contribution in [3.05, 3.63) is 0 Å². The first-order chi connectivity index (χ1) is 7.35. The molecule has 0 radical (unpaired) electrons. The Morgan fingerprint density at radius 2 is 2.12 bits per heavy atom. The first-order valence-corrected chi connectivity index (χ1v) is 6.75. The standard InChI is InChI=1S/C10H15NO4S/c1-8(6-11)16(13,14)7-10(3-4-10)5-9(12)15-2/h8H,3-5,7H2,1-2H3. The number of ether oxygens (including phenoxy) is 1. The van der Waals surface area contributed by atoms with E-state index in [9.17, 15) is 13.2 Å². The Balaban J connectivity index is 2.68. The molecule has 0 spiro atoms. The summed E-state index contributed by atoms with van der Waals surface area (Å²) in [4.78, 5) is 11.1. The molecule has 0 amide bonds. The number of esters is 1. The van der Waals surface area contributed by atoms with E-state index in [1.807, 2.05) is 0 Å². The molecule has 6 heteroatoms. The van der Waals surface area contributed by atoms with E-state index in [0.29, 0.717) is 12.8 Å². The predicted octanol–water partition coefficient (Wildman–Crippen LogP) is 0.657. The molecule has 1 atom stereocenters. The topological polar surface area (TPSA) is 84.2 Å². The lowest BCUT2D eigenvalue weighted by molar-refractivity contribution is -0.141. The first kappa shape index (κ1) is 13.0. The maximum Gasteiger partial charge on any atom is 0.306 e. The fourth-order valence-electron chi connectivity index (χ4n) is 1.56. The van der Waals surface area contributed by atoms with Crippen LogP contribution >= 0.6 is 0 Å². The number of hydrogen-bond acceptors (Lipinski definition) is 5. The molecule has 0 N–H and O–H groups in total. The van der Waals surface area contributed by atoms with E-state index < -0.39 is 26.5 Å². The van der Waals surface area contributed by atoms with Crippen LogP contribution in [-0.2, 0) is 19.4 Å². The highest BCUT2D eigenvalue weighted by Crippen LogP contribution is 2.50. The Morgan fingerprint density at radius 3 is 2.50 bits per heavy atom. The van der Waals surface area contributed by atoms with E-state index in [4.69, 9.17) is 5.26 Å². The van der Waals surface area contributed by atoms with E-state index in [-0.39, 0.29) is 12.2 Å². The molecule has 1 rings (SSSR count). The van der Waals surface area contributed by atoms with Gasteiger partial charge in [-0.2, -0.15) is 5.26 Å². The van der Waals surface area contributed by atoms with Crippen LogP contribution in [0.5, 0.6) is 0 Å². The van der Waals surface area contributed by atoms with Gasteiger partial charge in [0.1, 0.15) is 5.25 Å². The summed E-state index contributed by atoms with van der Waals surface area (Å²) in [6.07, 6.45) is 1.54. The second kappa shape index (κ2) is 4.42. The van der Waals surface area contributed by atoms with E-state index in [2.05, 4.69) is 4.74 Å². The van der Waals surface area contributed by atoms with Crippen LogP contribution in [0.25, 0.3) is 0 Å². The zero-order chi connectivity index (χ0) is 12.4. The molecule has 5 nitrogen and oxygen atoms in total. The van der Waals surface area contributed by atoms with Crippen molar-refractivity contribution in [1.82, 2.24) is 0 Å². The van der Waals surface area contributed by atoms with Crippen molar-refractivity contribution in [2.75, 3.05) is 12.9 Å². The van der Waals surface area contributed by atoms with Crippen LogP contribution in [0.3, 0.4) is 0 Å². The highest BCUT2D eigenvalue weighted by atomic mass is 32.2. The molecular weight excluding hydrogens is 230 g/mol. The zero-order valence-corrected chi connectivity index (χ0v) is 10.2. The molecule has 1 unspecified atom stereocenters. The van der Waals surface area contributed by atoms with Crippen molar-refractivity contribution in [2.24, 2.45) is 5.41 Å². The normalized spacial score (nSPS) is 19.6. The second-order valence-electron chi connectivity index (χ2n) is 4.33. The molecule has 1 aliphatic rings. The van der Waals surface area contributed by atoms with Crippen LogP contribution in [0.2, 0.25) is 0 Å². The second-order valence-corrected chi connectivity index (χ2v) is 6.65. The van der Waals surface area contributed by atoms with E-state index in [0.717, 1.165) is 0 Å². The average molecular weight is 245 g/mol. The summed E-state index contributed by atoms with van der Waals surface area (Å²) >= 11 is 0. The van der Waals surface area contributed by atoms with Gasteiger partial charge in [-0.15, -0.1) is 0 Å². The number of rotatable bonds is 5. The van der Waals surface area contributed by atoms with Crippen LogP contribution in [0, 0.1) is 16.7 Å². The van der Waals surface area contributed by atoms with Crippen molar-refractivity contribution in [2.45, 2.75) is 31.4 Å². The molecule has 0 aromatic rings. The lowest BCUT2D eigenvalue weighted by Gasteiger charge is -2.14. The van der Waals surface area contributed by atoms with Crippen molar-refractivity contribution < 1.29 is 17.9 Å². The highest BCUT2D eigenvalue weighted by molar-refractivity contribution is 7.92. The summed E-state index contributed by atoms with van der Waals surface area (Å²) in [5.74, 6) is -0.485. The molecule has 1 saturated carbocycles. The van der Waals surface area contributed by atoms with Gasteiger partial charge in [0.25, 0.3) is 0 Å². The van der Waals surface area contributed by atoms with Gasteiger partial charge in [-0.1, -0.05) is 0 Å². The fraction of sp³-hybridized carbons (Fsp3) is 0.800. The molecule has 0 bridgehead atoms. The molecule has 16 heavy (non-hydrogen) atoms. The van der Waals surface area contributed by atoms with E-state index >= 15 is 0 Å². The summed E-state index contributed by atoms with van der Waals surface area (Å²) in [6.45, 7) is 1.36. The van der Waals surface area contributed by atoms with Gasteiger partial charge in [0.15, 0.2) is 9.84 Å². The number of carbonyl (C=O) groups excluding carboxylic acids is 1. The van der Waals surface area contributed by atoms with Crippen LogP contribution < -0.4 is 0 Å². The average Bonchev–Trinajstić information content (AvgIpc) is 2.95. The maximum absolute atomic E-state index is 11.7. The lowest BCUT2D eigenvalue weighted by atomic mass is 10.1. The first-order valence-electron chi connectivity index (χ1n) is 5.03. The Kier molecular flexibility index (Phi) is 3.58. The SMILES string of the molecule is COC(=O)CC1(CS(=O)(=O)C(C)C#N)CC1. The maximum atomic E-state index is 11.7. The number of nitriles is 1. The van der Waals surface area contributed by atoms with Crippen LogP contribution in [0.4, 0.5) is 0 Å². The Labute approximate surface area is 95.3 Å². The molecule has 0 aliphatic heterocycles. The number of nitrogens with zero attached hydrogens (tertiary/aromatic N) is 1. The smallest absolute Gasteiger partial charge is 0.306 e. The van der Waals surface area contributed by atoms with Gasteiger partial charge in [-0.05, 0) is 25.2 Å². The Bertz CT molecular complexity index is 417. The highest BCUT2D eigenvalue weighted by Gasteiger charge is 2.48. The van der Waals surface area contributed by atoms with Gasteiger partial charge in [0, 0.05) is 0 Å². The lowest BCUT2D eigenvalue weighted by Crippen LogP contribution is -2.27. The van der Waals surface area contributed by atoms with Crippen LogP contribution in [0.1, 0.15) is 26.2 Å². The third-order valence-electron chi connectivity index (χ3n) is 2.93. The van der Waals surface area contributed by atoms with Crippen molar-refractivity contribution >= 4 is 15.8 Å². The summed E-state index contributed by atoms with van der Waals surface area (Å²) in [5.41, 5.74) is -0.475. The number of hydrogen-bond donors (Lipinski definition) is 0. The van der Waals surface area contributed by atoms with Crippen LogP contribution in [-0.4, -0.2) is 32.5 Å². The van der Waals surface area contributed by atoms with Gasteiger partial charge in [0.2, 0.25) is 0 Å². The third-order valence-corrected chi connectivity index (χ3v) is 5.13. The third kappa shape index (κ3) is 2.95. The monoisotopic (exact) mass is 245 g/mol. The molecule has 90 valence electrons. The molecule has 1 fully saturated rings. The molecular formula is C10H15NO4S. The number of carbonyl (C=O) groups is 1. The summed E-state index contributed by atoms with van der Waals surface area (Å²) in [5, 5.41) is 7.58. The van der Waals surface area contributed by atoms with Crippen molar-refractivity contribution in [3.63, 3.8) is 0 Å². The van der Waals surface area contributed by atoms with Gasteiger partial charge >= 0.3 is 5.97 Å². The fourth-order valence-corrected chi connectivity index (χ4v) is 3.21. The molecule has 1 aliphatic carbocycles. The minimum Gasteiger partial charge on any atom is -0.469 e. The van der Waals surface area contributed by atoms with Crippen LogP contribution in [0.15, 0.2) is 0 Å². The molecule has 0 aromatic carbocycles. The largest absolute Gasteiger partial charge is 0.469 e. The molecule has 0 saturated heterocycles. The molecule has 0 heterocycles. The molecule has 0 aromatic heterocycles. The number of sulfone groups is 1. The summed E-state index contributed by atoms with van der Waals surface area (Å²) in [6, 6.07) is 1.72. The van der Waals surface area contributed by atoms with Gasteiger partial charge in [-0.3, -0.25) is 4.79 Å². The quantitative estimate of drug-likeness (QED) is 0.664. The Morgan fingerprint density at radius 1 is 1.56 bits per heavy atom.